The lowest BCUT2D eigenvalue weighted by Crippen LogP contribution is -2.28. The first-order valence-electron chi connectivity index (χ1n) is 6.93. The highest BCUT2D eigenvalue weighted by molar-refractivity contribution is 5.96. The van der Waals surface area contributed by atoms with Crippen molar-refractivity contribution < 1.29 is 14.8 Å². The standard InChI is InChI=1S/C14H19N3O4/c1-15-12-8-11(2-3-13(12)17(20)21)14(19)16-6-4-10(9-16)5-7-18/h2-3,8,10,15,18H,4-7,9H2,1H3. The number of amides is 1. The summed E-state index contributed by atoms with van der Waals surface area (Å²) in [7, 11) is 1.59. The molecule has 1 heterocycles. The number of likely N-dealkylation sites (tertiary alicyclic amines) is 1. The molecule has 0 aliphatic carbocycles. The van der Waals surface area contributed by atoms with Crippen LogP contribution in [0.2, 0.25) is 0 Å². The Morgan fingerprint density at radius 3 is 2.95 bits per heavy atom. The Morgan fingerprint density at radius 2 is 2.33 bits per heavy atom. The van der Waals surface area contributed by atoms with Crippen molar-refractivity contribution in [3.8, 4) is 0 Å². The minimum atomic E-state index is -0.479. The Labute approximate surface area is 122 Å². The second kappa shape index (κ2) is 6.53. The second-order valence-corrected chi connectivity index (χ2v) is 5.16. The lowest BCUT2D eigenvalue weighted by Gasteiger charge is -2.17. The summed E-state index contributed by atoms with van der Waals surface area (Å²) in [5.74, 6) is 0.211. The zero-order chi connectivity index (χ0) is 15.4. The highest BCUT2D eigenvalue weighted by Gasteiger charge is 2.27. The summed E-state index contributed by atoms with van der Waals surface area (Å²) in [4.78, 5) is 24.5. The number of hydrogen-bond donors (Lipinski definition) is 2. The van der Waals surface area contributed by atoms with Crippen LogP contribution in [-0.2, 0) is 0 Å². The molecule has 1 aliphatic heterocycles. The van der Waals surface area contributed by atoms with Gasteiger partial charge in [0, 0.05) is 38.4 Å². The van der Waals surface area contributed by atoms with Gasteiger partial charge in [0.05, 0.1) is 4.92 Å². The van der Waals surface area contributed by atoms with Crippen molar-refractivity contribution in [2.75, 3.05) is 32.1 Å². The molecule has 1 fully saturated rings. The van der Waals surface area contributed by atoms with E-state index in [0.29, 0.717) is 36.7 Å². The van der Waals surface area contributed by atoms with Crippen LogP contribution in [0.5, 0.6) is 0 Å². The van der Waals surface area contributed by atoms with Crippen molar-refractivity contribution >= 4 is 17.3 Å². The van der Waals surface area contributed by atoms with E-state index in [1.54, 1.807) is 11.9 Å². The number of anilines is 1. The molecule has 2 rings (SSSR count). The van der Waals surface area contributed by atoms with Crippen LogP contribution < -0.4 is 5.32 Å². The number of hydrogen-bond acceptors (Lipinski definition) is 5. The molecule has 0 radical (unpaired) electrons. The topological polar surface area (TPSA) is 95.7 Å². The minimum Gasteiger partial charge on any atom is -0.396 e. The van der Waals surface area contributed by atoms with Crippen molar-refractivity contribution in [2.45, 2.75) is 12.8 Å². The zero-order valence-corrected chi connectivity index (χ0v) is 11.9. The lowest BCUT2D eigenvalue weighted by atomic mass is 10.1. The Balaban J connectivity index is 2.15. The normalized spacial score (nSPS) is 17.8. The Morgan fingerprint density at radius 1 is 1.57 bits per heavy atom. The molecule has 1 saturated heterocycles. The second-order valence-electron chi connectivity index (χ2n) is 5.16. The van der Waals surface area contributed by atoms with E-state index in [-0.39, 0.29) is 18.2 Å². The predicted octanol–water partition coefficient (Wildman–Crippen LogP) is 1.48. The first-order chi connectivity index (χ1) is 10.1. The van der Waals surface area contributed by atoms with Crippen LogP contribution in [0.3, 0.4) is 0 Å². The fourth-order valence-electron chi connectivity index (χ4n) is 2.65. The maximum atomic E-state index is 12.4. The molecular formula is C14H19N3O4. The van der Waals surface area contributed by atoms with Gasteiger partial charge in [0.25, 0.3) is 11.6 Å². The molecule has 0 saturated carbocycles. The maximum Gasteiger partial charge on any atom is 0.292 e. The number of nitro groups is 1. The van der Waals surface area contributed by atoms with E-state index in [0.717, 1.165) is 6.42 Å². The van der Waals surface area contributed by atoms with Gasteiger partial charge in [-0.2, -0.15) is 0 Å². The molecule has 7 nitrogen and oxygen atoms in total. The van der Waals surface area contributed by atoms with E-state index in [4.69, 9.17) is 5.11 Å². The van der Waals surface area contributed by atoms with Gasteiger partial charge in [-0.05, 0) is 30.9 Å². The van der Waals surface area contributed by atoms with Crippen LogP contribution >= 0.6 is 0 Å². The van der Waals surface area contributed by atoms with Gasteiger partial charge in [0.2, 0.25) is 0 Å². The summed E-state index contributed by atoms with van der Waals surface area (Å²) in [6.07, 6.45) is 1.59. The number of benzene rings is 1. The van der Waals surface area contributed by atoms with E-state index in [9.17, 15) is 14.9 Å². The van der Waals surface area contributed by atoms with Gasteiger partial charge in [-0.25, -0.2) is 0 Å². The van der Waals surface area contributed by atoms with Crippen molar-refractivity contribution in [3.05, 3.63) is 33.9 Å². The average Bonchev–Trinajstić information content (AvgIpc) is 2.94. The molecule has 1 amide bonds. The Bertz CT molecular complexity index is 547. The van der Waals surface area contributed by atoms with Gasteiger partial charge >= 0.3 is 0 Å². The molecule has 0 aromatic heterocycles. The van der Waals surface area contributed by atoms with Crippen molar-refractivity contribution in [1.29, 1.82) is 0 Å². The van der Waals surface area contributed by atoms with Crippen LogP contribution in [0.4, 0.5) is 11.4 Å². The van der Waals surface area contributed by atoms with Gasteiger partial charge in [-0.15, -0.1) is 0 Å². The highest BCUT2D eigenvalue weighted by atomic mass is 16.6. The van der Waals surface area contributed by atoms with Crippen LogP contribution in [0.15, 0.2) is 18.2 Å². The third-order valence-corrected chi connectivity index (χ3v) is 3.82. The molecule has 1 unspecified atom stereocenters. The number of carbonyl (C=O) groups is 1. The van der Waals surface area contributed by atoms with Crippen molar-refractivity contribution in [3.63, 3.8) is 0 Å². The monoisotopic (exact) mass is 293 g/mol. The fraction of sp³-hybridized carbons (Fsp3) is 0.500. The Kier molecular flexibility index (Phi) is 4.74. The summed E-state index contributed by atoms with van der Waals surface area (Å²) in [6, 6.07) is 4.35. The number of aliphatic hydroxyl groups excluding tert-OH is 1. The number of nitrogens with zero attached hydrogens (tertiary/aromatic N) is 2. The summed E-state index contributed by atoms with van der Waals surface area (Å²) in [5, 5.41) is 22.6. The van der Waals surface area contributed by atoms with Crippen LogP contribution in [0.25, 0.3) is 0 Å². The largest absolute Gasteiger partial charge is 0.396 e. The summed E-state index contributed by atoms with van der Waals surface area (Å²) in [6.45, 7) is 1.43. The fourth-order valence-corrected chi connectivity index (χ4v) is 2.65. The third kappa shape index (κ3) is 3.30. The number of carbonyl (C=O) groups excluding carboxylic acids is 1. The molecule has 21 heavy (non-hydrogen) atoms. The zero-order valence-electron chi connectivity index (χ0n) is 11.9. The van der Waals surface area contributed by atoms with Crippen LogP contribution in [0, 0.1) is 16.0 Å². The number of aliphatic hydroxyl groups is 1. The molecule has 1 atom stereocenters. The molecule has 0 bridgehead atoms. The molecule has 2 N–H and O–H groups in total. The van der Waals surface area contributed by atoms with E-state index < -0.39 is 4.92 Å². The van der Waals surface area contributed by atoms with E-state index in [1.807, 2.05) is 0 Å². The van der Waals surface area contributed by atoms with Gasteiger partial charge in [0.1, 0.15) is 5.69 Å². The summed E-state index contributed by atoms with van der Waals surface area (Å²) >= 11 is 0. The van der Waals surface area contributed by atoms with Crippen molar-refractivity contribution in [1.82, 2.24) is 4.90 Å². The lowest BCUT2D eigenvalue weighted by molar-refractivity contribution is -0.383. The molecule has 1 aromatic rings. The SMILES string of the molecule is CNc1cc(C(=O)N2CCC(CCO)C2)ccc1[N+](=O)[O-]. The molecular weight excluding hydrogens is 274 g/mol. The van der Waals surface area contributed by atoms with Gasteiger partial charge < -0.3 is 15.3 Å². The van der Waals surface area contributed by atoms with Gasteiger partial charge in [-0.3, -0.25) is 14.9 Å². The number of nitro benzene ring substituents is 1. The summed E-state index contributed by atoms with van der Waals surface area (Å²) in [5.41, 5.74) is 0.722. The van der Waals surface area contributed by atoms with Crippen LogP contribution in [-0.4, -0.2) is 47.6 Å². The van der Waals surface area contributed by atoms with E-state index in [2.05, 4.69) is 5.32 Å². The number of nitrogens with one attached hydrogen (secondary N) is 1. The maximum absolute atomic E-state index is 12.4. The molecule has 114 valence electrons. The first kappa shape index (κ1) is 15.2. The third-order valence-electron chi connectivity index (χ3n) is 3.82. The van der Waals surface area contributed by atoms with Gasteiger partial charge in [-0.1, -0.05) is 0 Å². The molecule has 7 heteroatoms. The molecule has 1 aliphatic rings. The first-order valence-corrected chi connectivity index (χ1v) is 6.93. The average molecular weight is 293 g/mol. The van der Waals surface area contributed by atoms with Gasteiger partial charge in [0.15, 0.2) is 0 Å². The van der Waals surface area contributed by atoms with E-state index >= 15 is 0 Å². The quantitative estimate of drug-likeness (QED) is 0.633. The van der Waals surface area contributed by atoms with E-state index in [1.165, 1.54) is 18.2 Å². The van der Waals surface area contributed by atoms with Crippen LogP contribution in [0.1, 0.15) is 23.2 Å². The minimum absolute atomic E-state index is 0.0476. The summed E-state index contributed by atoms with van der Waals surface area (Å²) < 4.78 is 0. The Hall–Kier alpha value is -2.15. The smallest absolute Gasteiger partial charge is 0.292 e. The molecule has 0 spiro atoms. The number of rotatable bonds is 5. The van der Waals surface area contributed by atoms with Crippen molar-refractivity contribution in [2.24, 2.45) is 5.92 Å². The highest BCUT2D eigenvalue weighted by Crippen LogP contribution is 2.27. The predicted molar refractivity (Wildman–Crippen MR) is 78.4 cm³/mol. The molecule has 1 aromatic carbocycles.